The van der Waals surface area contributed by atoms with Crippen molar-refractivity contribution in [2.75, 3.05) is 18.5 Å². The summed E-state index contributed by atoms with van der Waals surface area (Å²) in [7, 11) is 0. The predicted octanol–water partition coefficient (Wildman–Crippen LogP) is 4.38. The average molecular weight is 379 g/mol. The van der Waals surface area contributed by atoms with Gasteiger partial charge in [0.1, 0.15) is 6.61 Å². The lowest BCUT2D eigenvalue weighted by molar-refractivity contribution is -0.0168. The lowest BCUT2D eigenvalue weighted by Crippen LogP contribution is -2.22. The molecule has 0 atom stereocenters. The zero-order valence-electron chi connectivity index (χ0n) is 16.7. The number of benzene rings is 1. The Labute approximate surface area is 164 Å². The molecule has 6 heteroatoms. The van der Waals surface area contributed by atoms with Crippen LogP contribution in [0.4, 0.5) is 5.69 Å². The van der Waals surface area contributed by atoms with Crippen LogP contribution in [-0.4, -0.2) is 34.7 Å². The van der Waals surface area contributed by atoms with Gasteiger partial charge in [-0.1, -0.05) is 18.2 Å². The highest BCUT2D eigenvalue weighted by Gasteiger charge is 2.12. The fourth-order valence-corrected chi connectivity index (χ4v) is 2.70. The molecule has 2 aromatic heterocycles. The van der Waals surface area contributed by atoms with Crippen LogP contribution < -0.4 is 10.1 Å². The summed E-state index contributed by atoms with van der Waals surface area (Å²) in [5, 5.41) is 3.85. The van der Waals surface area contributed by atoms with E-state index in [4.69, 9.17) is 9.47 Å². The van der Waals surface area contributed by atoms with Gasteiger partial charge in [-0.15, -0.1) is 0 Å². The third kappa shape index (κ3) is 5.27. The number of hydrogen-bond acceptors (Lipinski definition) is 5. The molecule has 0 aliphatic heterocycles. The first-order chi connectivity index (χ1) is 13.3. The molecular weight excluding hydrogens is 354 g/mol. The van der Waals surface area contributed by atoms with Gasteiger partial charge in [0.15, 0.2) is 0 Å². The second kappa shape index (κ2) is 8.35. The highest BCUT2D eigenvalue weighted by atomic mass is 16.5. The largest absolute Gasteiger partial charge is 0.475 e. The van der Waals surface area contributed by atoms with Gasteiger partial charge in [-0.3, -0.25) is 9.78 Å². The van der Waals surface area contributed by atoms with E-state index in [0.29, 0.717) is 24.7 Å². The molecule has 0 bridgehead atoms. The maximum absolute atomic E-state index is 12.6. The predicted molar refractivity (Wildman–Crippen MR) is 110 cm³/mol. The van der Waals surface area contributed by atoms with Crippen molar-refractivity contribution in [1.82, 2.24) is 9.97 Å². The topological polar surface area (TPSA) is 73.3 Å². The third-order valence-corrected chi connectivity index (χ3v) is 3.96. The quantitative estimate of drug-likeness (QED) is 0.643. The van der Waals surface area contributed by atoms with Crippen LogP contribution in [0.1, 0.15) is 36.8 Å². The molecule has 3 aromatic rings. The molecule has 0 fully saturated rings. The monoisotopic (exact) mass is 379 g/mol. The van der Waals surface area contributed by atoms with E-state index >= 15 is 0 Å². The summed E-state index contributed by atoms with van der Waals surface area (Å²) in [5.41, 5.74) is 2.67. The molecule has 1 aromatic carbocycles. The number of nitrogens with one attached hydrogen (secondary N) is 1. The molecule has 28 heavy (non-hydrogen) atoms. The molecule has 6 nitrogen and oxygen atoms in total. The SMILES string of the molecule is Cc1cc(NC(=O)c2ccc(OCCOC(C)(C)C)nc2)c2ccccc2n1. The Morgan fingerprint density at radius 3 is 2.61 bits per heavy atom. The molecule has 0 spiro atoms. The maximum atomic E-state index is 12.6. The van der Waals surface area contributed by atoms with Crippen molar-refractivity contribution in [3.8, 4) is 5.88 Å². The fourth-order valence-electron chi connectivity index (χ4n) is 2.70. The maximum Gasteiger partial charge on any atom is 0.257 e. The number of pyridine rings is 2. The van der Waals surface area contributed by atoms with Crippen molar-refractivity contribution in [3.05, 3.63) is 59.9 Å². The molecular formula is C22H25N3O3. The van der Waals surface area contributed by atoms with Gasteiger partial charge < -0.3 is 14.8 Å². The Kier molecular flexibility index (Phi) is 5.90. The number of carbonyl (C=O) groups excluding carboxylic acids is 1. The van der Waals surface area contributed by atoms with E-state index in [1.807, 2.05) is 58.0 Å². The smallest absolute Gasteiger partial charge is 0.257 e. The summed E-state index contributed by atoms with van der Waals surface area (Å²) in [5.74, 6) is 0.227. The van der Waals surface area contributed by atoms with Gasteiger partial charge >= 0.3 is 0 Å². The highest BCUT2D eigenvalue weighted by molar-refractivity contribution is 6.08. The third-order valence-electron chi connectivity index (χ3n) is 3.96. The van der Waals surface area contributed by atoms with Crippen LogP contribution in [0.25, 0.3) is 10.9 Å². The number of ether oxygens (including phenoxy) is 2. The highest BCUT2D eigenvalue weighted by Crippen LogP contribution is 2.23. The number of aryl methyl sites for hydroxylation is 1. The number of hydrogen-bond donors (Lipinski definition) is 1. The van der Waals surface area contributed by atoms with E-state index in [2.05, 4.69) is 15.3 Å². The Hall–Kier alpha value is -2.99. The number of nitrogens with zero attached hydrogens (tertiary/aromatic N) is 2. The number of rotatable bonds is 6. The summed E-state index contributed by atoms with van der Waals surface area (Å²) in [6.07, 6.45) is 1.51. The van der Waals surface area contributed by atoms with Crippen LogP contribution in [0.5, 0.6) is 5.88 Å². The van der Waals surface area contributed by atoms with E-state index < -0.39 is 0 Å². The molecule has 0 radical (unpaired) electrons. The van der Waals surface area contributed by atoms with Gasteiger partial charge in [-0.2, -0.15) is 0 Å². The van der Waals surface area contributed by atoms with Gasteiger partial charge in [0.05, 0.1) is 29.0 Å². The molecule has 0 saturated carbocycles. The Morgan fingerprint density at radius 2 is 1.89 bits per heavy atom. The van der Waals surface area contributed by atoms with Crippen LogP contribution in [0, 0.1) is 6.92 Å². The zero-order valence-corrected chi connectivity index (χ0v) is 16.7. The van der Waals surface area contributed by atoms with E-state index in [1.165, 1.54) is 6.20 Å². The van der Waals surface area contributed by atoms with E-state index in [-0.39, 0.29) is 11.5 Å². The van der Waals surface area contributed by atoms with Crippen molar-refractivity contribution in [2.24, 2.45) is 0 Å². The van der Waals surface area contributed by atoms with Gasteiger partial charge in [-0.25, -0.2) is 4.98 Å². The van der Waals surface area contributed by atoms with Gasteiger partial charge in [0, 0.05) is 23.3 Å². The molecule has 0 unspecified atom stereocenters. The van der Waals surface area contributed by atoms with Gasteiger partial charge in [-0.05, 0) is 45.9 Å². The zero-order chi connectivity index (χ0) is 20.1. The lowest BCUT2D eigenvalue weighted by Gasteiger charge is -2.19. The number of fused-ring (bicyclic) bond motifs is 1. The van der Waals surface area contributed by atoms with Crippen molar-refractivity contribution in [3.63, 3.8) is 0 Å². The molecule has 0 saturated heterocycles. The van der Waals surface area contributed by atoms with Crippen LogP contribution in [0.3, 0.4) is 0 Å². The number of carbonyl (C=O) groups is 1. The summed E-state index contributed by atoms with van der Waals surface area (Å²) >= 11 is 0. The lowest BCUT2D eigenvalue weighted by atomic mass is 10.1. The second-order valence-electron chi connectivity index (χ2n) is 7.48. The minimum absolute atomic E-state index is 0.200. The van der Waals surface area contributed by atoms with Crippen molar-refractivity contribution in [1.29, 1.82) is 0 Å². The van der Waals surface area contributed by atoms with Crippen molar-refractivity contribution >= 4 is 22.5 Å². The normalized spacial score (nSPS) is 11.4. The van der Waals surface area contributed by atoms with Crippen molar-refractivity contribution < 1.29 is 14.3 Å². The molecule has 3 rings (SSSR count). The average Bonchev–Trinajstić information content (AvgIpc) is 2.65. The number of aromatic nitrogens is 2. The van der Waals surface area contributed by atoms with Crippen LogP contribution >= 0.6 is 0 Å². The second-order valence-corrected chi connectivity index (χ2v) is 7.48. The molecule has 1 N–H and O–H groups in total. The van der Waals surface area contributed by atoms with E-state index in [0.717, 1.165) is 22.3 Å². The number of para-hydroxylation sites is 1. The van der Waals surface area contributed by atoms with Crippen LogP contribution in [-0.2, 0) is 4.74 Å². The summed E-state index contributed by atoms with van der Waals surface area (Å²) < 4.78 is 11.2. The Bertz CT molecular complexity index is 963. The first kappa shape index (κ1) is 19.8. The van der Waals surface area contributed by atoms with Crippen molar-refractivity contribution in [2.45, 2.75) is 33.3 Å². The minimum atomic E-state index is -0.231. The summed E-state index contributed by atoms with van der Waals surface area (Å²) in [6, 6.07) is 12.9. The number of anilines is 1. The molecule has 1 amide bonds. The summed E-state index contributed by atoms with van der Waals surface area (Å²) in [6.45, 7) is 8.75. The fraction of sp³-hybridized carbons (Fsp3) is 0.318. The van der Waals surface area contributed by atoms with Crippen LogP contribution in [0.2, 0.25) is 0 Å². The molecule has 146 valence electrons. The van der Waals surface area contributed by atoms with Gasteiger partial charge in [0.25, 0.3) is 5.91 Å². The van der Waals surface area contributed by atoms with E-state index in [1.54, 1.807) is 12.1 Å². The molecule has 2 heterocycles. The standard InChI is InChI=1S/C22H25N3O3/c1-15-13-19(17-7-5-6-8-18(17)24-15)25-21(26)16-9-10-20(23-14-16)27-11-12-28-22(2,3)4/h5-10,13-14H,11-12H2,1-4H3,(H,24,25,26). The van der Waals surface area contributed by atoms with Crippen LogP contribution in [0.15, 0.2) is 48.7 Å². The Balaban J connectivity index is 1.64. The number of amides is 1. The summed E-state index contributed by atoms with van der Waals surface area (Å²) in [4.78, 5) is 21.3. The molecule has 0 aliphatic rings. The minimum Gasteiger partial charge on any atom is -0.475 e. The first-order valence-corrected chi connectivity index (χ1v) is 9.22. The molecule has 0 aliphatic carbocycles. The van der Waals surface area contributed by atoms with E-state index in [9.17, 15) is 4.79 Å². The first-order valence-electron chi connectivity index (χ1n) is 9.22. The Morgan fingerprint density at radius 1 is 1.11 bits per heavy atom. The van der Waals surface area contributed by atoms with Gasteiger partial charge in [0.2, 0.25) is 5.88 Å².